The van der Waals surface area contributed by atoms with Crippen molar-refractivity contribution < 1.29 is 23.0 Å². The second-order valence-electron chi connectivity index (χ2n) is 4.10. The summed E-state index contributed by atoms with van der Waals surface area (Å²) < 4.78 is 44.5. The molecule has 6 heteroatoms. The molecule has 0 aromatic heterocycles. The molecule has 2 aromatic rings. The van der Waals surface area contributed by atoms with Crippen LogP contribution < -0.4 is 10.1 Å². The number of phenols is 1. The highest BCUT2D eigenvalue weighted by molar-refractivity contribution is 5.48. The summed E-state index contributed by atoms with van der Waals surface area (Å²) >= 11 is 0. The van der Waals surface area contributed by atoms with Gasteiger partial charge in [-0.2, -0.15) is 0 Å². The maximum Gasteiger partial charge on any atom is 0.160 e. The summed E-state index contributed by atoms with van der Waals surface area (Å²) in [4.78, 5) is 0. The van der Waals surface area contributed by atoms with Gasteiger partial charge in [0, 0.05) is 18.7 Å². The van der Waals surface area contributed by atoms with Gasteiger partial charge in [-0.05, 0) is 17.7 Å². The molecule has 2 N–H and O–H groups in total. The molecule has 0 amide bonds. The van der Waals surface area contributed by atoms with Crippen molar-refractivity contribution in [3.8, 4) is 11.5 Å². The van der Waals surface area contributed by atoms with Gasteiger partial charge in [-0.25, -0.2) is 13.2 Å². The lowest BCUT2D eigenvalue weighted by molar-refractivity contribution is 0.373. The van der Waals surface area contributed by atoms with Gasteiger partial charge in [-0.15, -0.1) is 0 Å². The number of rotatable bonds is 4. The Morgan fingerprint density at radius 1 is 1.10 bits per heavy atom. The molecule has 0 spiro atoms. The van der Waals surface area contributed by atoms with Gasteiger partial charge in [0.15, 0.2) is 23.1 Å². The summed E-state index contributed by atoms with van der Waals surface area (Å²) in [5.74, 6) is -2.77. The predicted molar refractivity (Wildman–Crippen MR) is 68.3 cm³/mol. The molecule has 0 aliphatic heterocycles. The Hall–Kier alpha value is -2.37. The van der Waals surface area contributed by atoms with Crippen molar-refractivity contribution in [2.24, 2.45) is 0 Å². The maximum absolute atomic E-state index is 13.4. The lowest BCUT2D eigenvalue weighted by atomic mass is 10.2. The molecule has 106 valence electrons. The summed E-state index contributed by atoms with van der Waals surface area (Å²) in [5, 5.41) is 12.0. The fraction of sp³-hybridized carbons (Fsp3) is 0.143. The van der Waals surface area contributed by atoms with Crippen LogP contribution >= 0.6 is 0 Å². The molecule has 0 radical (unpaired) electrons. The largest absolute Gasteiger partial charge is 0.504 e. The van der Waals surface area contributed by atoms with Crippen LogP contribution in [0.5, 0.6) is 11.5 Å². The van der Waals surface area contributed by atoms with Gasteiger partial charge < -0.3 is 15.2 Å². The van der Waals surface area contributed by atoms with Gasteiger partial charge in [0.2, 0.25) is 0 Å². The van der Waals surface area contributed by atoms with E-state index >= 15 is 0 Å². The molecule has 0 aliphatic rings. The first-order valence-electron chi connectivity index (χ1n) is 5.75. The number of hydrogen-bond acceptors (Lipinski definition) is 3. The Morgan fingerprint density at radius 3 is 2.35 bits per heavy atom. The zero-order valence-electron chi connectivity index (χ0n) is 10.6. The SMILES string of the molecule is COc1cc(CNc2c(F)cc(F)cc2F)ccc1O. The number of phenolic OH excluding ortho intramolecular Hbond substituents is 1. The second-order valence-corrected chi connectivity index (χ2v) is 4.10. The molecule has 2 rings (SSSR count). The Kier molecular flexibility index (Phi) is 4.02. The topological polar surface area (TPSA) is 41.5 Å². The summed E-state index contributed by atoms with van der Waals surface area (Å²) in [7, 11) is 1.39. The molecule has 0 aliphatic carbocycles. The first-order valence-corrected chi connectivity index (χ1v) is 5.75. The number of aromatic hydroxyl groups is 1. The predicted octanol–water partition coefficient (Wildman–Crippen LogP) is 3.43. The van der Waals surface area contributed by atoms with Gasteiger partial charge in [0.1, 0.15) is 11.5 Å². The third-order valence-corrected chi connectivity index (χ3v) is 2.72. The molecule has 0 unspecified atom stereocenters. The van der Waals surface area contributed by atoms with E-state index < -0.39 is 23.1 Å². The van der Waals surface area contributed by atoms with E-state index in [1.54, 1.807) is 6.07 Å². The van der Waals surface area contributed by atoms with Crippen LogP contribution in [0.1, 0.15) is 5.56 Å². The van der Waals surface area contributed by atoms with E-state index in [2.05, 4.69) is 5.32 Å². The van der Waals surface area contributed by atoms with Crippen LogP contribution in [-0.4, -0.2) is 12.2 Å². The first kappa shape index (κ1) is 14.0. The van der Waals surface area contributed by atoms with E-state index in [1.165, 1.54) is 19.2 Å². The molecular weight excluding hydrogens is 271 g/mol. The molecule has 0 fully saturated rings. The number of halogens is 3. The number of methoxy groups -OCH3 is 1. The molecule has 0 heterocycles. The maximum atomic E-state index is 13.4. The minimum absolute atomic E-state index is 0.0320. The first-order chi connectivity index (χ1) is 9.51. The highest BCUT2D eigenvalue weighted by Gasteiger charge is 2.11. The number of anilines is 1. The smallest absolute Gasteiger partial charge is 0.160 e. The van der Waals surface area contributed by atoms with Crippen LogP contribution in [0.4, 0.5) is 18.9 Å². The van der Waals surface area contributed by atoms with Crippen molar-refractivity contribution >= 4 is 5.69 Å². The minimum atomic E-state index is -1.01. The molecule has 0 saturated carbocycles. The van der Waals surface area contributed by atoms with Crippen molar-refractivity contribution in [3.05, 3.63) is 53.3 Å². The average molecular weight is 283 g/mol. The molecule has 20 heavy (non-hydrogen) atoms. The van der Waals surface area contributed by atoms with Crippen LogP contribution in [0.15, 0.2) is 30.3 Å². The van der Waals surface area contributed by atoms with Crippen LogP contribution in [0.25, 0.3) is 0 Å². The van der Waals surface area contributed by atoms with Crippen molar-refractivity contribution in [3.63, 3.8) is 0 Å². The lowest BCUT2D eigenvalue weighted by Crippen LogP contribution is -2.04. The Bertz CT molecular complexity index is 609. The Balaban J connectivity index is 2.17. The Labute approximate surface area is 113 Å². The summed E-state index contributed by atoms with van der Waals surface area (Å²) in [5.41, 5.74) is 0.237. The summed E-state index contributed by atoms with van der Waals surface area (Å²) in [6.45, 7) is 0.0934. The molecule has 0 atom stereocenters. The second kappa shape index (κ2) is 5.73. The lowest BCUT2D eigenvalue weighted by Gasteiger charge is -2.10. The highest BCUT2D eigenvalue weighted by atomic mass is 19.1. The van der Waals surface area contributed by atoms with Gasteiger partial charge in [0.25, 0.3) is 0 Å². The quantitative estimate of drug-likeness (QED) is 0.903. The normalized spacial score (nSPS) is 10.4. The third-order valence-electron chi connectivity index (χ3n) is 2.72. The third kappa shape index (κ3) is 2.96. The zero-order chi connectivity index (χ0) is 14.7. The fourth-order valence-electron chi connectivity index (χ4n) is 1.73. The van der Waals surface area contributed by atoms with Gasteiger partial charge in [0.05, 0.1) is 7.11 Å². The summed E-state index contributed by atoms with van der Waals surface area (Å²) in [6, 6.07) is 5.71. The molecular formula is C14H12F3NO2. The van der Waals surface area contributed by atoms with Crippen LogP contribution in [0, 0.1) is 17.5 Å². The monoisotopic (exact) mass is 283 g/mol. The fourth-order valence-corrected chi connectivity index (χ4v) is 1.73. The zero-order valence-corrected chi connectivity index (χ0v) is 10.6. The average Bonchev–Trinajstić information content (AvgIpc) is 2.39. The van der Waals surface area contributed by atoms with Gasteiger partial charge in [-0.3, -0.25) is 0 Å². The Morgan fingerprint density at radius 2 is 1.75 bits per heavy atom. The van der Waals surface area contributed by atoms with Crippen LogP contribution in [0.2, 0.25) is 0 Å². The molecule has 3 nitrogen and oxygen atoms in total. The van der Waals surface area contributed by atoms with Crippen molar-refractivity contribution in [1.82, 2.24) is 0 Å². The highest BCUT2D eigenvalue weighted by Crippen LogP contribution is 2.27. The molecule has 0 bridgehead atoms. The summed E-state index contributed by atoms with van der Waals surface area (Å²) in [6.07, 6.45) is 0. The van der Waals surface area contributed by atoms with E-state index in [4.69, 9.17) is 4.74 Å². The van der Waals surface area contributed by atoms with E-state index in [-0.39, 0.29) is 18.0 Å². The van der Waals surface area contributed by atoms with Gasteiger partial charge >= 0.3 is 0 Å². The van der Waals surface area contributed by atoms with E-state index in [0.29, 0.717) is 17.7 Å². The van der Waals surface area contributed by atoms with Crippen molar-refractivity contribution in [1.29, 1.82) is 0 Å². The standard InChI is InChI=1S/C14H12F3NO2/c1-20-13-4-8(2-3-12(13)19)7-18-14-10(16)5-9(15)6-11(14)17/h2-6,18-19H,7H2,1H3. The molecule has 2 aromatic carbocycles. The van der Waals surface area contributed by atoms with Crippen molar-refractivity contribution in [2.45, 2.75) is 6.54 Å². The van der Waals surface area contributed by atoms with Crippen LogP contribution in [-0.2, 0) is 6.54 Å². The number of hydrogen-bond donors (Lipinski definition) is 2. The number of ether oxygens (including phenoxy) is 1. The number of nitrogens with one attached hydrogen (secondary N) is 1. The van der Waals surface area contributed by atoms with E-state index in [1.807, 2.05) is 0 Å². The van der Waals surface area contributed by atoms with E-state index in [9.17, 15) is 18.3 Å². The molecule has 0 saturated heterocycles. The number of benzene rings is 2. The van der Waals surface area contributed by atoms with Crippen molar-refractivity contribution in [2.75, 3.05) is 12.4 Å². The van der Waals surface area contributed by atoms with E-state index in [0.717, 1.165) is 0 Å². The van der Waals surface area contributed by atoms with Gasteiger partial charge in [-0.1, -0.05) is 6.07 Å². The minimum Gasteiger partial charge on any atom is -0.504 e. The van der Waals surface area contributed by atoms with Crippen LogP contribution in [0.3, 0.4) is 0 Å².